The first kappa shape index (κ1) is 17.7. The summed E-state index contributed by atoms with van der Waals surface area (Å²) in [5.74, 6) is 0.509. The first-order chi connectivity index (χ1) is 14.2. The normalized spacial score (nSPS) is 16.2. The molecular formula is C22H22N4O3. The molecule has 0 spiro atoms. The number of hydrogen-bond acceptors (Lipinski definition) is 4. The van der Waals surface area contributed by atoms with Crippen molar-refractivity contribution in [3.63, 3.8) is 0 Å². The molecule has 1 aliphatic carbocycles. The molecule has 7 nitrogen and oxygen atoms in total. The Morgan fingerprint density at radius 1 is 1.28 bits per heavy atom. The van der Waals surface area contributed by atoms with E-state index in [2.05, 4.69) is 22.5 Å². The van der Waals surface area contributed by atoms with Crippen LogP contribution in [0.25, 0.3) is 16.6 Å². The number of nitrogens with zero attached hydrogens (tertiary/aromatic N) is 3. The van der Waals surface area contributed by atoms with Gasteiger partial charge in [-0.15, -0.1) is 0 Å². The minimum absolute atomic E-state index is 0.0202. The molecule has 4 aromatic rings. The Labute approximate surface area is 166 Å². The molecule has 1 aliphatic rings. The second-order valence-corrected chi connectivity index (χ2v) is 7.48. The van der Waals surface area contributed by atoms with Crippen molar-refractivity contribution in [3.05, 3.63) is 70.0 Å². The molecule has 0 bridgehead atoms. The first-order valence-electron chi connectivity index (χ1n) is 10.0. The minimum atomic E-state index is -0.298. The smallest absolute Gasteiger partial charge is 0.291 e. The number of nitrogens with one attached hydrogen (secondary N) is 1. The Morgan fingerprint density at radius 2 is 2.14 bits per heavy atom. The Bertz CT molecular complexity index is 1280. The van der Waals surface area contributed by atoms with Crippen LogP contribution in [0.15, 0.2) is 51.9 Å². The number of aromatic nitrogens is 3. The summed E-state index contributed by atoms with van der Waals surface area (Å²) in [6.07, 6.45) is 5.20. The van der Waals surface area contributed by atoms with Gasteiger partial charge in [-0.25, -0.2) is 4.68 Å². The van der Waals surface area contributed by atoms with Crippen LogP contribution in [0.3, 0.4) is 0 Å². The van der Waals surface area contributed by atoms with Gasteiger partial charge in [-0.1, -0.05) is 31.2 Å². The predicted octanol–water partition coefficient (Wildman–Crippen LogP) is 3.00. The van der Waals surface area contributed by atoms with Gasteiger partial charge in [-0.2, -0.15) is 5.10 Å². The summed E-state index contributed by atoms with van der Waals surface area (Å²) in [7, 11) is 0. The topological polar surface area (TPSA) is 81.5 Å². The average molecular weight is 390 g/mol. The zero-order valence-corrected chi connectivity index (χ0v) is 16.2. The van der Waals surface area contributed by atoms with Crippen LogP contribution in [-0.4, -0.2) is 20.1 Å². The van der Waals surface area contributed by atoms with Crippen LogP contribution in [0.2, 0.25) is 0 Å². The van der Waals surface area contributed by atoms with Crippen LogP contribution in [0.4, 0.5) is 0 Å². The molecule has 7 heteroatoms. The van der Waals surface area contributed by atoms with Gasteiger partial charge in [-0.3, -0.25) is 14.0 Å². The maximum absolute atomic E-state index is 12.9. The van der Waals surface area contributed by atoms with Crippen molar-refractivity contribution in [2.45, 2.75) is 45.2 Å². The maximum atomic E-state index is 12.9. The lowest BCUT2D eigenvalue weighted by Crippen LogP contribution is -2.37. The summed E-state index contributed by atoms with van der Waals surface area (Å²) in [6, 6.07) is 11.7. The number of aryl methyl sites for hydroxylation is 2. The maximum Gasteiger partial charge on any atom is 0.291 e. The average Bonchev–Trinajstić information content (AvgIpc) is 3.32. The molecule has 1 atom stereocenters. The standard InChI is InChI=1S/C22H22N4O3/c1-2-20-24-25(22(28)18-12-19-17(26(18)20)10-11-29-19)13-21(27)23-16-9-5-7-14-6-3-4-8-15(14)16/h3-4,6,8,10-12,16H,2,5,7,9,13H2,1H3,(H,23,27)/t16-/m0/s1. The van der Waals surface area contributed by atoms with E-state index in [1.165, 1.54) is 15.8 Å². The number of carbonyl (C=O) groups is 1. The number of amides is 1. The zero-order valence-electron chi connectivity index (χ0n) is 16.2. The summed E-state index contributed by atoms with van der Waals surface area (Å²) < 4.78 is 8.51. The summed E-state index contributed by atoms with van der Waals surface area (Å²) >= 11 is 0. The highest BCUT2D eigenvalue weighted by molar-refractivity contribution is 5.82. The van der Waals surface area contributed by atoms with E-state index >= 15 is 0 Å². The van der Waals surface area contributed by atoms with Crippen molar-refractivity contribution in [1.29, 1.82) is 0 Å². The molecule has 1 N–H and O–H groups in total. The molecule has 29 heavy (non-hydrogen) atoms. The van der Waals surface area contributed by atoms with Gasteiger partial charge < -0.3 is 9.73 Å². The van der Waals surface area contributed by atoms with Crippen molar-refractivity contribution in [2.24, 2.45) is 0 Å². The lowest BCUT2D eigenvalue weighted by molar-refractivity contribution is -0.122. The van der Waals surface area contributed by atoms with E-state index in [1.54, 1.807) is 12.3 Å². The molecule has 0 aliphatic heterocycles. The van der Waals surface area contributed by atoms with E-state index in [9.17, 15) is 9.59 Å². The van der Waals surface area contributed by atoms with Gasteiger partial charge in [0.05, 0.1) is 17.8 Å². The Morgan fingerprint density at radius 3 is 3.00 bits per heavy atom. The van der Waals surface area contributed by atoms with Gasteiger partial charge in [-0.05, 0) is 30.4 Å². The summed E-state index contributed by atoms with van der Waals surface area (Å²) in [4.78, 5) is 25.7. The fourth-order valence-corrected chi connectivity index (χ4v) is 4.34. The van der Waals surface area contributed by atoms with Gasteiger partial charge in [0.1, 0.15) is 17.9 Å². The lowest BCUT2D eigenvalue weighted by atomic mass is 9.88. The molecule has 5 rings (SSSR count). The molecule has 0 saturated heterocycles. The third-order valence-electron chi connectivity index (χ3n) is 5.69. The van der Waals surface area contributed by atoms with Crippen LogP contribution < -0.4 is 10.9 Å². The van der Waals surface area contributed by atoms with Crippen molar-refractivity contribution in [3.8, 4) is 0 Å². The minimum Gasteiger partial charge on any atom is -0.463 e. The highest BCUT2D eigenvalue weighted by Gasteiger charge is 2.22. The Kier molecular flexibility index (Phi) is 4.23. The molecule has 3 aromatic heterocycles. The molecule has 0 saturated carbocycles. The highest BCUT2D eigenvalue weighted by atomic mass is 16.3. The van der Waals surface area contributed by atoms with E-state index in [-0.39, 0.29) is 24.1 Å². The number of benzene rings is 1. The number of fused-ring (bicyclic) bond motifs is 4. The van der Waals surface area contributed by atoms with E-state index in [1.807, 2.05) is 29.5 Å². The zero-order chi connectivity index (χ0) is 20.0. The second kappa shape index (κ2) is 6.92. The number of rotatable bonds is 4. The SMILES string of the molecule is CCc1nn(CC(=O)N[C@H]2CCCc3ccccc32)c(=O)c2cc3occc3n12. The monoisotopic (exact) mass is 390 g/mol. The molecule has 0 unspecified atom stereocenters. The van der Waals surface area contributed by atoms with Crippen LogP contribution in [0.5, 0.6) is 0 Å². The number of carbonyl (C=O) groups excluding carboxylic acids is 1. The van der Waals surface area contributed by atoms with Crippen molar-refractivity contribution >= 4 is 22.5 Å². The quantitative estimate of drug-likeness (QED) is 0.581. The Hall–Kier alpha value is -3.35. The predicted molar refractivity (Wildman–Crippen MR) is 109 cm³/mol. The van der Waals surface area contributed by atoms with Gasteiger partial charge in [0.15, 0.2) is 5.58 Å². The lowest BCUT2D eigenvalue weighted by Gasteiger charge is -2.26. The molecular weight excluding hydrogens is 368 g/mol. The van der Waals surface area contributed by atoms with E-state index in [4.69, 9.17) is 4.42 Å². The number of furan rings is 1. The van der Waals surface area contributed by atoms with Crippen molar-refractivity contribution in [2.75, 3.05) is 0 Å². The fraction of sp³-hybridized carbons (Fsp3) is 0.318. The van der Waals surface area contributed by atoms with Crippen molar-refractivity contribution < 1.29 is 9.21 Å². The molecule has 0 radical (unpaired) electrons. The molecule has 3 heterocycles. The molecule has 1 aromatic carbocycles. The second-order valence-electron chi connectivity index (χ2n) is 7.48. The van der Waals surface area contributed by atoms with E-state index in [0.29, 0.717) is 23.3 Å². The largest absolute Gasteiger partial charge is 0.463 e. The van der Waals surface area contributed by atoms with E-state index in [0.717, 1.165) is 24.8 Å². The summed E-state index contributed by atoms with van der Waals surface area (Å²) in [6.45, 7) is 1.87. The number of hydrogen-bond donors (Lipinski definition) is 1. The highest BCUT2D eigenvalue weighted by Crippen LogP contribution is 2.29. The van der Waals surface area contributed by atoms with Crippen LogP contribution >= 0.6 is 0 Å². The fourth-order valence-electron chi connectivity index (χ4n) is 4.34. The van der Waals surface area contributed by atoms with Crippen LogP contribution in [0, 0.1) is 0 Å². The van der Waals surface area contributed by atoms with Crippen molar-refractivity contribution in [1.82, 2.24) is 19.5 Å². The van der Waals surface area contributed by atoms with Crippen LogP contribution in [0.1, 0.15) is 42.8 Å². The first-order valence-corrected chi connectivity index (χ1v) is 10.0. The van der Waals surface area contributed by atoms with Gasteiger partial charge in [0.2, 0.25) is 5.91 Å². The third kappa shape index (κ3) is 2.93. The third-order valence-corrected chi connectivity index (χ3v) is 5.69. The van der Waals surface area contributed by atoms with Gasteiger partial charge in [0, 0.05) is 18.6 Å². The van der Waals surface area contributed by atoms with Gasteiger partial charge in [0.25, 0.3) is 5.56 Å². The molecule has 0 fully saturated rings. The molecule has 148 valence electrons. The van der Waals surface area contributed by atoms with E-state index < -0.39 is 0 Å². The summed E-state index contributed by atoms with van der Waals surface area (Å²) in [5, 5.41) is 7.56. The molecule has 1 amide bonds. The van der Waals surface area contributed by atoms with Crippen LogP contribution in [-0.2, 0) is 24.2 Å². The Balaban J connectivity index is 1.45. The van der Waals surface area contributed by atoms with Gasteiger partial charge >= 0.3 is 0 Å². The summed E-state index contributed by atoms with van der Waals surface area (Å²) in [5.41, 5.74) is 4.08.